The van der Waals surface area contributed by atoms with E-state index in [1.165, 1.54) is 11.1 Å². The molecule has 2 heteroatoms. The van der Waals surface area contributed by atoms with Crippen molar-refractivity contribution < 1.29 is 9.53 Å². The molecular weight excluding hydrogens is 284 g/mol. The van der Waals surface area contributed by atoms with Crippen LogP contribution in [0.3, 0.4) is 0 Å². The average molecular weight is 302 g/mol. The molecule has 0 aliphatic heterocycles. The molecule has 0 aromatic heterocycles. The van der Waals surface area contributed by atoms with E-state index < -0.39 is 0 Å². The number of aldehydes is 1. The first-order chi connectivity index (χ1) is 11.3. The third-order valence-electron chi connectivity index (χ3n) is 3.68. The van der Waals surface area contributed by atoms with Gasteiger partial charge in [0.15, 0.2) is 0 Å². The fraction of sp³-hybridized carbons (Fsp3) is 0.0952. The Morgan fingerprint density at radius 1 is 0.739 bits per heavy atom. The van der Waals surface area contributed by atoms with Crippen LogP contribution in [-0.2, 0) is 17.8 Å². The van der Waals surface area contributed by atoms with Gasteiger partial charge in [-0.05, 0) is 40.5 Å². The summed E-state index contributed by atoms with van der Waals surface area (Å²) < 4.78 is 5.83. The summed E-state index contributed by atoms with van der Waals surface area (Å²) in [4.78, 5) is 10.5. The molecule has 0 atom stereocenters. The average Bonchev–Trinajstić information content (AvgIpc) is 2.62. The zero-order valence-corrected chi connectivity index (χ0v) is 12.8. The molecule has 0 aliphatic carbocycles. The molecule has 114 valence electrons. The van der Waals surface area contributed by atoms with Crippen molar-refractivity contribution in [3.8, 4) is 16.9 Å². The van der Waals surface area contributed by atoms with Crippen LogP contribution < -0.4 is 4.74 Å². The summed E-state index contributed by atoms with van der Waals surface area (Å²) in [5, 5.41) is 0. The van der Waals surface area contributed by atoms with Crippen LogP contribution in [0.2, 0.25) is 0 Å². The first-order valence-electron chi connectivity index (χ1n) is 7.65. The first-order valence-corrected chi connectivity index (χ1v) is 7.65. The van der Waals surface area contributed by atoms with Crippen LogP contribution in [0.25, 0.3) is 11.1 Å². The van der Waals surface area contributed by atoms with Crippen LogP contribution in [0.1, 0.15) is 11.1 Å². The van der Waals surface area contributed by atoms with Crippen molar-refractivity contribution in [2.45, 2.75) is 13.0 Å². The number of hydrogen-bond acceptors (Lipinski definition) is 2. The van der Waals surface area contributed by atoms with Gasteiger partial charge in [0.1, 0.15) is 18.6 Å². The summed E-state index contributed by atoms with van der Waals surface area (Å²) in [5.74, 6) is 0.810. The number of hydrogen-bond donors (Lipinski definition) is 0. The molecule has 0 spiro atoms. The van der Waals surface area contributed by atoms with E-state index in [2.05, 4.69) is 30.3 Å². The third kappa shape index (κ3) is 4.07. The molecule has 0 saturated carbocycles. The SMILES string of the molecule is O=CCc1ccc(OCc2cccc(-c3ccccc3)c2)cc1. The number of rotatable bonds is 6. The number of benzene rings is 3. The zero-order valence-electron chi connectivity index (χ0n) is 12.8. The third-order valence-corrected chi connectivity index (χ3v) is 3.68. The number of ether oxygens (including phenoxy) is 1. The fourth-order valence-corrected chi connectivity index (χ4v) is 2.46. The Hall–Kier alpha value is -2.87. The highest BCUT2D eigenvalue weighted by Crippen LogP contribution is 2.21. The molecule has 23 heavy (non-hydrogen) atoms. The second-order valence-electron chi connectivity index (χ2n) is 5.37. The molecule has 0 amide bonds. The van der Waals surface area contributed by atoms with Crippen molar-refractivity contribution in [2.24, 2.45) is 0 Å². The second-order valence-corrected chi connectivity index (χ2v) is 5.37. The van der Waals surface area contributed by atoms with Crippen LogP contribution in [0.15, 0.2) is 78.9 Å². The van der Waals surface area contributed by atoms with Gasteiger partial charge >= 0.3 is 0 Å². The van der Waals surface area contributed by atoms with Gasteiger partial charge in [-0.2, -0.15) is 0 Å². The van der Waals surface area contributed by atoms with E-state index in [1.54, 1.807) is 0 Å². The molecule has 0 aliphatic rings. The Kier molecular flexibility index (Phi) is 4.85. The minimum absolute atomic E-state index is 0.444. The van der Waals surface area contributed by atoms with Gasteiger partial charge in [-0.15, -0.1) is 0 Å². The van der Waals surface area contributed by atoms with Crippen molar-refractivity contribution in [3.63, 3.8) is 0 Å². The van der Waals surface area contributed by atoms with Crippen molar-refractivity contribution in [1.82, 2.24) is 0 Å². The van der Waals surface area contributed by atoms with Crippen molar-refractivity contribution in [2.75, 3.05) is 0 Å². The van der Waals surface area contributed by atoms with Crippen molar-refractivity contribution >= 4 is 6.29 Å². The zero-order chi connectivity index (χ0) is 15.9. The molecule has 0 radical (unpaired) electrons. The molecule has 3 aromatic carbocycles. The summed E-state index contributed by atoms with van der Waals surface area (Å²) in [5.41, 5.74) is 4.52. The quantitative estimate of drug-likeness (QED) is 0.618. The maximum absolute atomic E-state index is 10.5. The lowest BCUT2D eigenvalue weighted by molar-refractivity contribution is -0.107. The lowest BCUT2D eigenvalue weighted by Crippen LogP contribution is -1.96. The highest BCUT2D eigenvalue weighted by molar-refractivity contribution is 5.63. The standard InChI is InChI=1S/C21H18O2/c22-14-13-17-9-11-21(12-10-17)23-16-18-5-4-8-20(15-18)19-6-2-1-3-7-19/h1-12,14-15H,13,16H2. The summed E-state index contributed by atoms with van der Waals surface area (Å²) in [7, 11) is 0. The van der Waals surface area contributed by atoms with Gasteiger partial charge < -0.3 is 9.53 Å². The second kappa shape index (κ2) is 7.41. The summed E-state index contributed by atoms with van der Waals surface area (Å²) in [6.07, 6.45) is 1.35. The van der Waals surface area contributed by atoms with E-state index >= 15 is 0 Å². The van der Waals surface area contributed by atoms with E-state index in [-0.39, 0.29) is 0 Å². The Balaban J connectivity index is 1.67. The Labute approximate surface area is 136 Å². The van der Waals surface area contributed by atoms with Gasteiger partial charge in [-0.3, -0.25) is 0 Å². The molecule has 0 saturated heterocycles. The molecule has 0 heterocycles. The van der Waals surface area contributed by atoms with Gasteiger partial charge in [-0.25, -0.2) is 0 Å². The highest BCUT2D eigenvalue weighted by Gasteiger charge is 2.01. The summed E-state index contributed by atoms with van der Waals surface area (Å²) in [6.45, 7) is 0.522. The maximum Gasteiger partial charge on any atom is 0.124 e. The van der Waals surface area contributed by atoms with Crippen LogP contribution in [0.5, 0.6) is 5.75 Å². The smallest absolute Gasteiger partial charge is 0.124 e. The number of carbonyl (C=O) groups excluding carboxylic acids is 1. The van der Waals surface area contributed by atoms with E-state index in [0.29, 0.717) is 13.0 Å². The van der Waals surface area contributed by atoms with Crippen LogP contribution in [0, 0.1) is 0 Å². The maximum atomic E-state index is 10.5. The first kappa shape index (κ1) is 15.0. The minimum atomic E-state index is 0.444. The molecule has 3 aromatic rings. The Bertz CT molecular complexity index is 761. The van der Waals surface area contributed by atoms with E-state index in [0.717, 1.165) is 23.2 Å². The van der Waals surface area contributed by atoms with Gasteiger partial charge in [0.25, 0.3) is 0 Å². The molecule has 2 nitrogen and oxygen atoms in total. The minimum Gasteiger partial charge on any atom is -0.489 e. The van der Waals surface area contributed by atoms with Crippen molar-refractivity contribution in [3.05, 3.63) is 90.0 Å². The van der Waals surface area contributed by atoms with Crippen LogP contribution >= 0.6 is 0 Å². The van der Waals surface area contributed by atoms with E-state index in [1.807, 2.05) is 48.5 Å². The topological polar surface area (TPSA) is 26.3 Å². The fourth-order valence-electron chi connectivity index (χ4n) is 2.46. The number of carbonyl (C=O) groups is 1. The Morgan fingerprint density at radius 2 is 1.48 bits per heavy atom. The Morgan fingerprint density at radius 3 is 2.22 bits per heavy atom. The molecule has 0 unspecified atom stereocenters. The normalized spacial score (nSPS) is 10.3. The van der Waals surface area contributed by atoms with E-state index in [4.69, 9.17) is 4.74 Å². The summed E-state index contributed by atoms with van der Waals surface area (Å²) in [6, 6.07) is 26.3. The predicted molar refractivity (Wildman–Crippen MR) is 92.4 cm³/mol. The lowest BCUT2D eigenvalue weighted by atomic mass is 10.0. The molecule has 0 fully saturated rings. The summed E-state index contributed by atoms with van der Waals surface area (Å²) >= 11 is 0. The molecule has 0 N–H and O–H groups in total. The largest absolute Gasteiger partial charge is 0.489 e. The monoisotopic (exact) mass is 302 g/mol. The van der Waals surface area contributed by atoms with Gasteiger partial charge in [-0.1, -0.05) is 60.7 Å². The lowest BCUT2D eigenvalue weighted by Gasteiger charge is -2.09. The van der Waals surface area contributed by atoms with E-state index in [9.17, 15) is 4.79 Å². The van der Waals surface area contributed by atoms with Gasteiger partial charge in [0.05, 0.1) is 0 Å². The molecule has 0 bridgehead atoms. The highest BCUT2D eigenvalue weighted by atomic mass is 16.5. The van der Waals surface area contributed by atoms with Crippen molar-refractivity contribution in [1.29, 1.82) is 0 Å². The van der Waals surface area contributed by atoms with Crippen LogP contribution in [0.4, 0.5) is 0 Å². The predicted octanol–water partition coefficient (Wildman–Crippen LogP) is 4.67. The van der Waals surface area contributed by atoms with Crippen LogP contribution in [-0.4, -0.2) is 6.29 Å². The molecule has 3 rings (SSSR count). The molecular formula is C21H18O2. The van der Waals surface area contributed by atoms with Gasteiger partial charge in [0, 0.05) is 6.42 Å². The van der Waals surface area contributed by atoms with Gasteiger partial charge in [0.2, 0.25) is 0 Å².